The highest BCUT2D eigenvalue weighted by atomic mass is 35.5. The van der Waals surface area contributed by atoms with E-state index >= 15 is 0 Å². The topological polar surface area (TPSA) is 63.8 Å². The van der Waals surface area contributed by atoms with E-state index in [-0.39, 0.29) is 0 Å². The van der Waals surface area contributed by atoms with Crippen molar-refractivity contribution < 1.29 is 0 Å². The largest absolute Gasteiger partial charge is 0.383 e. The number of hydrogen-bond acceptors (Lipinski definition) is 4. The first-order chi connectivity index (χ1) is 8.24. The zero-order valence-corrected chi connectivity index (χ0v) is 10.0. The Balaban J connectivity index is 2.13. The first-order valence-electron chi connectivity index (χ1n) is 5.67. The van der Waals surface area contributed by atoms with Crippen molar-refractivity contribution in [1.82, 2.24) is 15.3 Å². The van der Waals surface area contributed by atoms with Crippen LogP contribution in [0.1, 0.15) is 18.2 Å². The Labute approximate surface area is 104 Å². The molecule has 0 amide bonds. The van der Waals surface area contributed by atoms with E-state index in [9.17, 15) is 0 Å². The molecule has 1 atom stereocenters. The predicted octanol–water partition coefficient (Wildman–Crippen LogP) is 1.94. The Morgan fingerprint density at radius 2 is 2.24 bits per heavy atom. The van der Waals surface area contributed by atoms with Gasteiger partial charge in [-0.2, -0.15) is 0 Å². The molecule has 1 fully saturated rings. The fourth-order valence-corrected chi connectivity index (χ4v) is 2.37. The van der Waals surface area contributed by atoms with Crippen molar-refractivity contribution in [2.75, 3.05) is 18.8 Å². The van der Waals surface area contributed by atoms with Crippen molar-refractivity contribution >= 4 is 28.3 Å². The molecule has 17 heavy (non-hydrogen) atoms. The Morgan fingerprint density at radius 1 is 1.35 bits per heavy atom. The van der Waals surface area contributed by atoms with Crippen LogP contribution in [0.5, 0.6) is 0 Å². The second-order valence-electron chi connectivity index (χ2n) is 4.32. The van der Waals surface area contributed by atoms with Gasteiger partial charge in [-0.1, -0.05) is 11.6 Å². The lowest BCUT2D eigenvalue weighted by Crippen LogP contribution is -2.11. The fraction of sp³-hybridized carbons (Fsp3) is 0.333. The lowest BCUT2D eigenvalue weighted by molar-refractivity contribution is 0.709. The van der Waals surface area contributed by atoms with Gasteiger partial charge >= 0.3 is 0 Å². The van der Waals surface area contributed by atoms with Crippen LogP contribution in [0.25, 0.3) is 10.9 Å². The molecular formula is C12H13ClN4. The zero-order valence-electron chi connectivity index (χ0n) is 9.28. The van der Waals surface area contributed by atoms with Crippen LogP contribution in [0.2, 0.25) is 5.02 Å². The molecular weight excluding hydrogens is 236 g/mol. The molecule has 3 N–H and O–H groups in total. The van der Waals surface area contributed by atoms with E-state index in [0.29, 0.717) is 16.8 Å². The summed E-state index contributed by atoms with van der Waals surface area (Å²) in [6.07, 6.45) is 1.07. The summed E-state index contributed by atoms with van der Waals surface area (Å²) in [4.78, 5) is 8.96. The predicted molar refractivity (Wildman–Crippen MR) is 69.2 cm³/mol. The van der Waals surface area contributed by atoms with Gasteiger partial charge < -0.3 is 11.1 Å². The second-order valence-corrected chi connectivity index (χ2v) is 4.75. The van der Waals surface area contributed by atoms with Gasteiger partial charge in [-0.25, -0.2) is 9.97 Å². The number of aromatic nitrogens is 2. The Bertz CT molecular complexity index is 564. The molecule has 1 aromatic carbocycles. The highest BCUT2D eigenvalue weighted by Gasteiger charge is 2.20. The summed E-state index contributed by atoms with van der Waals surface area (Å²) in [6.45, 7) is 1.95. The number of rotatable bonds is 1. The van der Waals surface area contributed by atoms with Crippen molar-refractivity contribution in [3.8, 4) is 0 Å². The van der Waals surface area contributed by atoms with Crippen LogP contribution in [0.15, 0.2) is 18.2 Å². The lowest BCUT2D eigenvalue weighted by atomic mass is 10.1. The summed E-state index contributed by atoms with van der Waals surface area (Å²) in [5, 5.41) is 4.79. The van der Waals surface area contributed by atoms with E-state index in [1.54, 1.807) is 0 Å². The van der Waals surface area contributed by atoms with E-state index in [4.69, 9.17) is 17.3 Å². The number of nitrogens with zero attached hydrogens (tertiary/aromatic N) is 2. The number of fused-ring (bicyclic) bond motifs is 1. The van der Waals surface area contributed by atoms with E-state index < -0.39 is 0 Å². The fourth-order valence-electron chi connectivity index (χ4n) is 2.20. The summed E-state index contributed by atoms with van der Waals surface area (Å²) >= 11 is 5.94. The standard InChI is InChI=1S/C12H13ClN4/c13-8-1-2-10-9(5-8)11(14)17-12(16-10)7-3-4-15-6-7/h1-2,5,7,15H,3-4,6H2,(H2,14,16,17). The van der Waals surface area contributed by atoms with E-state index in [1.165, 1.54) is 0 Å². The SMILES string of the molecule is Nc1nc(C2CCNC2)nc2ccc(Cl)cc12. The molecule has 4 nitrogen and oxygen atoms in total. The number of anilines is 1. The van der Waals surface area contributed by atoms with Gasteiger partial charge in [0.15, 0.2) is 0 Å². The maximum absolute atomic E-state index is 5.96. The third-order valence-electron chi connectivity index (χ3n) is 3.13. The average molecular weight is 249 g/mol. The van der Waals surface area contributed by atoms with Crippen molar-refractivity contribution in [2.45, 2.75) is 12.3 Å². The van der Waals surface area contributed by atoms with Crippen LogP contribution in [0.4, 0.5) is 5.82 Å². The minimum atomic E-state index is 0.373. The molecule has 1 saturated heterocycles. The Morgan fingerprint density at radius 3 is 3.00 bits per heavy atom. The summed E-state index contributed by atoms with van der Waals surface area (Å²) in [5.74, 6) is 1.72. The van der Waals surface area contributed by atoms with Crippen LogP contribution < -0.4 is 11.1 Å². The molecule has 3 rings (SSSR count). The third kappa shape index (κ3) is 1.94. The number of nitrogens with two attached hydrogens (primary N) is 1. The summed E-state index contributed by atoms with van der Waals surface area (Å²) in [6, 6.07) is 5.53. The van der Waals surface area contributed by atoms with E-state index in [0.717, 1.165) is 36.2 Å². The van der Waals surface area contributed by atoms with E-state index in [1.807, 2.05) is 18.2 Å². The first-order valence-corrected chi connectivity index (χ1v) is 6.05. The maximum atomic E-state index is 5.96. The minimum absolute atomic E-state index is 0.373. The van der Waals surface area contributed by atoms with Gasteiger partial charge in [0, 0.05) is 22.9 Å². The normalized spacial score (nSPS) is 19.9. The third-order valence-corrected chi connectivity index (χ3v) is 3.37. The van der Waals surface area contributed by atoms with Gasteiger partial charge in [-0.15, -0.1) is 0 Å². The molecule has 2 aromatic rings. The van der Waals surface area contributed by atoms with Crippen LogP contribution >= 0.6 is 11.6 Å². The molecule has 0 bridgehead atoms. The smallest absolute Gasteiger partial charge is 0.135 e. The monoisotopic (exact) mass is 248 g/mol. The first kappa shape index (κ1) is 10.7. The van der Waals surface area contributed by atoms with Crippen LogP contribution in [0, 0.1) is 0 Å². The molecule has 1 aliphatic rings. The molecule has 1 aliphatic heterocycles. The molecule has 0 saturated carbocycles. The van der Waals surface area contributed by atoms with E-state index in [2.05, 4.69) is 15.3 Å². The minimum Gasteiger partial charge on any atom is -0.383 e. The summed E-state index contributed by atoms with van der Waals surface area (Å²) < 4.78 is 0. The van der Waals surface area contributed by atoms with Gasteiger partial charge in [0.2, 0.25) is 0 Å². The Hall–Kier alpha value is -1.39. The second kappa shape index (κ2) is 4.13. The molecule has 1 aromatic heterocycles. The Kier molecular flexibility index (Phi) is 2.61. The van der Waals surface area contributed by atoms with Crippen molar-refractivity contribution in [3.63, 3.8) is 0 Å². The van der Waals surface area contributed by atoms with Crippen molar-refractivity contribution in [2.24, 2.45) is 0 Å². The van der Waals surface area contributed by atoms with Crippen molar-refractivity contribution in [3.05, 3.63) is 29.0 Å². The highest BCUT2D eigenvalue weighted by molar-refractivity contribution is 6.31. The molecule has 5 heteroatoms. The van der Waals surface area contributed by atoms with Gasteiger partial charge in [0.1, 0.15) is 11.6 Å². The zero-order chi connectivity index (χ0) is 11.8. The molecule has 88 valence electrons. The summed E-state index contributed by atoms with van der Waals surface area (Å²) in [5.41, 5.74) is 6.83. The van der Waals surface area contributed by atoms with Crippen LogP contribution in [0.3, 0.4) is 0 Å². The number of hydrogen-bond donors (Lipinski definition) is 2. The van der Waals surface area contributed by atoms with Crippen LogP contribution in [-0.4, -0.2) is 23.1 Å². The maximum Gasteiger partial charge on any atom is 0.135 e. The molecule has 2 heterocycles. The molecule has 0 spiro atoms. The molecule has 0 aliphatic carbocycles. The number of nitrogens with one attached hydrogen (secondary N) is 1. The number of nitrogen functional groups attached to an aromatic ring is 1. The van der Waals surface area contributed by atoms with Crippen molar-refractivity contribution in [1.29, 1.82) is 0 Å². The summed E-state index contributed by atoms with van der Waals surface area (Å²) in [7, 11) is 0. The van der Waals surface area contributed by atoms with Gasteiger partial charge in [0.25, 0.3) is 0 Å². The van der Waals surface area contributed by atoms with Gasteiger partial charge in [-0.3, -0.25) is 0 Å². The number of benzene rings is 1. The molecule has 1 unspecified atom stereocenters. The lowest BCUT2D eigenvalue weighted by Gasteiger charge is -2.09. The van der Waals surface area contributed by atoms with Crippen LogP contribution in [-0.2, 0) is 0 Å². The average Bonchev–Trinajstić information content (AvgIpc) is 2.83. The number of halogens is 1. The molecule has 0 radical (unpaired) electrons. The van der Waals surface area contributed by atoms with Gasteiger partial charge in [0.05, 0.1) is 5.52 Å². The quantitative estimate of drug-likeness (QED) is 0.810. The highest BCUT2D eigenvalue weighted by Crippen LogP contribution is 2.26. The van der Waals surface area contributed by atoms with Gasteiger partial charge in [-0.05, 0) is 31.2 Å².